The second-order valence-corrected chi connectivity index (χ2v) is 10.1. The minimum atomic E-state index is -3.81. The van der Waals surface area contributed by atoms with Crippen LogP contribution in [-0.4, -0.2) is 37.4 Å². The van der Waals surface area contributed by atoms with Crippen LogP contribution in [0.3, 0.4) is 0 Å². The topological polar surface area (TPSA) is 71.5 Å². The van der Waals surface area contributed by atoms with Crippen LogP contribution in [0.15, 0.2) is 64.6 Å². The second-order valence-electron chi connectivity index (χ2n) is 8.17. The summed E-state index contributed by atoms with van der Waals surface area (Å²) in [4.78, 5) is 26.2. The first-order chi connectivity index (χ1) is 14.3. The number of hydrogen-bond donors (Lipinski definition) is 0. The van der Waals surface area contributed by atoms with E-state index in [4.69, 9.17) is 0 Å². The molecule has 0 N–H and O–H groups in total. The van der Waals surface area contributed by atoms with Gasteiger partial charge in [0.2, 0.25) is 10.0 Å². The van der Waals surface area contributed by atoms with Crippen LogP contribution in [0.5, 0.6) is 0 Å². The van der Waals surface area contributed by atoms with E-state index in [1.54, 1.807) is 36.4 Å². The summed E-state index contributed by atoms with van der Waals surface area (Å²) in [6, 6.07) is 14.0. The molecular weight excluding hydrogens is 398 g/mol. The van der Waals surface area contributed by atoms with Crippen molar-refractivity contribution in [2.75, 3.05) is 13.1 Å². The lowest BCUT2D eigenvalue weighted by molar-refractivity contribution is -0.116. The summed E-state index contributed by atoms with van der Waals surface area (Å²) >= 11 is 0. The van der Waals surface area contributed by atoms with Gasteiger partial charge in [-0.2, -0.15) is 4.31 Å². The maximum absolute atomic E-state index is 13.4. The van der Waals surface area contributed by atoms with E-state index in [2.05, 4.69) is 0 Å². The number of carbonyl (C=O) groups is 2. The van der Waals surface area contributed by atoms with Crippen LogP contribution in [-0.2, 0) is 14.8 Å². The highest BCUT2D eigenvalue weighted by molar-refractivity contribution is 7.89. The van der Waals surface area contributed by atoms with Crippen LogP contribution < -0.4 is 0 Å². The normalized spacial score (nSPS) is 20.2. The Morgan fingerprint density at radius 3 is 2.17 bits per heavy atom. The third kappa shape index (κ3) is 3.77. The average Bonchev–Trinajstić information content (AvgIpc) is 2.74. The van der Waals surface area contributed by atoms with Gasteiger partial charge in [0, 0.05) is 30.6 Å². The Morgan fingerprint density at radius 2 is 1.53 bits per heavy atom. The van der Waals surface area contributed by atoms with E-state index in [1.807, 2.05) is 26.0 Å². The Morgan fingerprint density at radius 1 is 0.933 bits per heavy atom. The zero-order valence-corrected chi connectivity index (χ0v) is 18.0. The fourth-order valence-electron chi connectivity index (χ4n) is 4.25. The van der Waals surface area contributed by atoms with Crippen molar-refractivity contribution >= 4 is 21.6 Å². The molecule has 5 nitrogen and oxygen atoms in total. The number of aryl methyl sites for hydroxylation is 2. The summed E-state index contributed by atoms with van der Waals surface area (Å²) in [6.45, 7) is 3.95. The zero-order chi connectivity index (χ0) is 21.5. The first-order valence-electron chi connectivity index (χ1n) is 10.2. The summed E-state index contributed by atoms with van der Waals surface area (Å²) in [6.07, 6.45) is 1.78. The molecule has 0 spiro atoms. The van der Waals surface area contributed by atoms with E-state index in [0.29, 0.717) is 30.4 Å². The first kappa shape index (κ1) is 20.7. The van der Waals surface area contributed by atoms with Gasteiger partial charge in [-0.05, 0) is 44.4 Å². The quantitative estimate of drug-likeness (QED) is 0.700. The summed E-state index contributed by atoms with van der Waals surface area (Å²) in [5.41, 5.74) is 3.89. The highest BCUT2D eigenvalue weighted by Crippen LogP contribution is 2.36. The Bertz CT molecular complexity index is 1130. The highest BCUT2D eigenvalue weighted by Gasteiger charge is 2.40. The third-order valence-corrected chi connectivity index (χ3v) is 7.85. The van der Waals surface area contributed by atoms with Crippen molar-refractivity contribution in [3.8, 4) is 0 Å². The molecule has 30 heavy (non-hydrogen) atoms. The molecule has 0 saturated heterocycles. The molecule has 2 aromatic carbocycles. The van der Waals surface area contributed by atoms with Crippen molar-refractivity contribution in [3.63, 3.8) is 0 Å². The van der Waals surface area contributed by atoms with E-state index in [0.717, 1.165) is 16.7 Å². The van der Waals surface area contributed by atoms with Gasteiger partial charge in [0.25, 0.3) is 0 Å². The first-order valence-corrected chi connectivity index (χ1v) is 11.6. The number of ketones is 2. The van der Waals surface area contributed by atoms with Crippen LogP contribution in [0.2, 0.25) is 0 Å². The number of hydrogen-bond acceptors (Lipinski definition) is 4. The smallest absolute Gasteiger partial charge is 0.243 e. The average molecular weight is 424 g/mol. The third-order valence-electron chi connectivity index (χ3n) is 6.03. The standard InChI is InChI=1S/C24H25NO4S/c1-16-6-10-18(11-7-16)24(27)22-15-25(14-21-20(22)4-3-5-23(21)26)30(28,29)19-12-8-17(2)9-13-19/h6-13,22H,3-5,14-15H2,1-2H3/t22-/m0/s1. The predicted molar refractivity (Wildman–Crippen MR) is 115 cm³/mol. The molecule has 0 amide bonds. The molecule has 1 aliphatic heterocycles. The summed E-state index contributed by atoms with van der Waals surface area (Å²) < 4.78 is 27.9. The molecule has 0 unspecified atom stereocenters. The number of nitrogens with zero attached hydrogens (tertiary/aromatic N) is 1. The fraction of sp³-hybridized carbons (Fsp3) is 0.333. The molecular formula is C24H25NO4S. The Hall–Kier alpha value is -2.57. The molecule has 0 bridgehead atoms. The van der Waals surface area contributed by atoms with Crippen molar-refractivity contribution < 1.29 is 18.0 Å². The minimum absolute atomic E-state index is 0.0400. The molecule has 156 valence electrons. The van der Waals surface area contributed by atoms with Crippen LogP contribution in [0.1, 0.15) is 40.7 Å². The second kappa shape index (κ2) is 7.93. The van der Waals surface area contributed by atoms with Crippen molar-refractivity contribution in [3.05, 3.63) is 76.4 Å². The lowest BCUT2D eigenvalue weighted by Gasteiger charge is -2.36. The zero-order valence-electron chi connectivity index (χ0n) is 17.2. The minimum Gasteiger partial charge on any atom is -0.295 e. The van der Waals surface area contributed by atoms with E-state index >= 15 is 0 Å². The van der Waals surface area contributed by atoms with Gasteiger partial charge in [-0.25, -0.2) is 8.42 Å². The molecule has 1 heterocycles. The Labute approximate surface area is 177 Å². The molecule has 2 aromatic rings. The predicted octanol–water partition coefficient (Wildman–Crippen LogP) is 3.86. The Balaban J connectivity index is 1.74. The van der Waals surface area contributed by atoms with Gasteiger partial charge in [-0.15, -0.1) is 0 Å². The van der Waals surface area contributed by atoms with E-state index in [9.17, 15) is 18.0 Å². The molecule has 1 atom stereocenters. The van der Waals surface area contributed by atoms with Crippen molar-refractivity contribution in [1.29, 1.82) is 0 Å². The van der Waals surface area contributed by atoms with Gasteiger partial charge in [0.1, 0.15) is 0 Å². The summed E-state index contributed by atoms with van der Waals surface area (Å²) in [5.74, 6) is -0.788. The molecule has 0 radical (unpaired) electrons. The lowest BCUT2D eigenvalue weighted by Crippen LogP contribution is -2.46. The summed E-state index contributed by atoms with van der Waals surface area (Å²) in [7, 11) is -3.81. The van der Waals surface area contributed by atoms with Crippen molar-refractivity contribution in [1.82, 2.24) is 4.31 Å². The van der Waals surface area contributed by atoms with E-state index in [1.165, 1.54) is 4.31 Å². The molecule has 1 aliphatic carbocycles. The van der Waals surface area contributed by atoms with Crippen LogP contribution in [0, 0.1) is 19.8 Å². The van der Waals surface area contributed by atoms with Crippen LogP contribution >= 0.6 is 0 Å². The number of rotatable bonds is 4. The molecule has 0 saturated carbocycles. The van der Waals surface area contributed by atoms with Crippen molar-refractivity contribution in [2.45, 2.75) is 38.0 Å². The van der Waals surface area contributed by atoms with Gasteiger partial charge in [0.05, 0.1) is 10.8 Å². The van der Waals surface area contributed by atoms with Crippen molar-refractivity contribution in [2.24, 2.45) is 5.92 Å². The van der Waals surface area contributed by atoms with Crippen LogP contribution in [0.25, 0.3) is 0 Å². The lowest BCUT2D eigenvalue weighted by atomic mass is 9.78. The SMILES string of the molecule is Cc1ccc(C(=O)[C@H]2CN(S(=O)(=O)c3ccc(C)cc3)CC3=C2CCCC3=O)cc1. The number of carbonyl (C=O) groups excluding carboxylic acids is 2. The number of Topliss-reactive ketones (excluding diaryl/α,β-unsaturated/α-hetero) is 2. The maximum atomic E-state index is 13.4. The van der Waals surface area contributed by atoms with Gasteiger partial charge >= 0.3 is 0 Å². The molecule has 0 fully saturated rings. The maximum Gasteiger partial charge on any atom is 0.243 e. The van der Waals surface area contributed by atoms with Crippen LogP contribution in [0.4, 0.5) is 0 Å². The Kier molecular flexibility index (Phi) is 5.47. The molecule has 0 aromatic heterocycles. The van der Waals surface area contributed by atoms with Gasteiger partial charge < -0.3 is 0 Å². The number of benzene rings is 2. The summed E-state index contributed by atoms with van der Waals surface area (Å²) in [5, 5.41) is 0. The fourth-order valence-corrected chi connectivity index (χ4v) is 5.67. The van der Waals surface area contributed by atoms with E-state index < -0.39 is 15.9 Å². The van der Waals surface area contributed by atoms with Gasteiger partial charge in [-0.1, -0.05) is 47.5 Å². The molecule has 6 heteroatoms. The molecule has 4 rings (SSSR count). The molecule has 2 aliphatic rings. The largest absolute Gasteiger partial charge is 0.295 e. The monoisotopic (exact) mass is 423 g/mol. The van der Waals surface area contributed by atoms with Gasteiger partial charge in [-0.3, -0.25) is 9.59 Å². The van der Waals surface area contributed by atoms with E-state index in [-0.39, 0.29) is 29.6 Å². The van der Waals surface area contributed by atoms with Gasteiger partial charge in [0.15, 0.2) is 11.6 Å². The highest BCUT2D eigenvalue weighted by atomic mass is 32.2. The number of sulfonamides is 1.